The summed E-state index contributed by atoms with van der Waals surface area (Å²) in [6.45, 7) is 13.1. The van der Waals surface area contributed by atoms with Gasteiger partial charge in [-0.1, -0.05) is 67.6 Å². The molecule has 2 aromatic carbocycles. The van der Waals surface area contributed by atoms with Gasteiger partial charge >= 0.3 is 0 Å². The first kappa shape index (κ1) is 22.1. The van der Waals surface area contributed by atoms with Gasteiger partial charge in [-0.25, -0.2) is 0 Å². The molecule has 0 aliphatic rings. The first-order valence-corrected chi connectivity index (χ1v) is 11.3. The number of hydrogen-bond acceptors (Lipinski definition) is 4. The standard InChI is InChI=1S/C24H30N4OS/c1-7-28-22(19-12-8-10-16(4)14-19)26-27-24(28)30-18(6)23(29)25-21-17(5)11-9-13-20(21)15(2)3/h8-15,18H,7H2,1-6H3,(H,25,29). The maximum atomic E-state index is 13.0. The lowest BCUT2D eigenvalue weighted by Gasteiger charge is -2.18. The number of carbonyl (C=O) groups is 1. The van der Waals surface area contributed by atoms with Crippen LogP contribution in [0, 0.1) is 13.8 Å². The van der Waals surface area contributed by atoms with Crippen LogP contribution in [0.2, 0.25) is 0 Å². The lowest BCUT2D eigenvalue weighted by atomic mass is 9.98. The number of thioether (sulfide) groups is 1. The molecule has 1 amide bonds. The summed E-state index contributed by atoms with van der Waals surface area (Å²) in [5.74, 6) is 1.14. The van der Waals surface area contributed by atoms with Crippen LogP contribution >= 0.6 is 11.8 Å². The second kappa shape index (κ2) is 9.47. The molecule has 1 aromatic heterocycles. The third-order valence-corrected chi connectivity index (χ3v) is 6.22. The minimum absolute atomic E-state index is 0.0287. The Morgan fingerprint density at radius 3 is 2.50 bits per heavy atom. The fourth-order valence-electron chi connectivity index (χ4n) is 3.44. The van der Waals surface area contributed by atoms with E-state index >= 15 is 0 Å². The largest absolute Gasteiger partial charge is 0.325 e. The van der Waals surface area contributed by atoms with E-state index in [0.717, 1.165) is 39.9 Å². The molecule has 0 spiro atoms. The van der Waals surface area contributed by atoms with E-state index in [-0.39, 0.29) is 11.2 Å². The van der Waals surface area contributed by atoms with E-state index in [4.69, 9.17) is 0 Å². The Morgan fingerprint density at radius 1 is 1.10 bits per heavy atom. The zero-order valence-corrected chi connectivity index (χ0v) is 19.4. The van der Waals surface area contributed by atoms with Crippen molar-refractivity contribution >= 4 is 23.4 Å². The monoisotopic (exact) mass is 422 g/mol. The molecule has 0 aliphatic carbocycles. The second-order valence-corrected chi connectivity index (χ2v) is 9.17. The summed E-state index contributed by atoms with van der Waals surface area (Å²) in [5.41, 5.74) is 5.36. The number of carbonyl (C=O) groups excluding carboxylic acids is 1. The van der Waals surface area contributed by atoms with Crippen LogP contribution in [-0.2, 0) is 11.3 Å². The zero-order valence-electron chi connectivity index (χ0n) is 18.6. The molecule has 0 saturated heterocycles. The van der Waals surface area contributed by atoms with Crippen molar-refractivity contribution in [3.63, 3.8) is 0 Å². The van der Waals surface area contributed by atoms with E-state index in [0.29, 0.717) is 5.92 Å². The molecule has 5 nitrogen and oxygen atoms in total. The van der Waals surface area contributed by atoms with Crippen LogP contribution in [0.15, 0.2) is 47.6 Å². The predicted molar refractivity (Wildman–Crippen MR) is 125 cm³/mol. The quantitative estimate of drug-likeness (QED) is 0.487. The van der Waals surface area contributed by atoms with E-state index in [1.165, 1.54) is 17.3 Å². The van der Waals surface area contributed by atoms with Crippen molar-refractivity contribution < 1.29 is 4.79 Å². The van der Waals surface area contributed by atoms with Crippen molar-refractivity contribution in [3.8, 4) is 11.4 Å². The van der Waals surface area contributed by atoms with Gasteiger partial charge in [-0.15, -0.1) is 10.2 Å². The highest BCUT2D eigenvalue weighted by molar-refractivity contribution is 8.00. The highest BCUT2D eigenvalue weighted by atomic mass is 32.2. The van der Waals surface area contributed by atoms with Gasteiger partial charge in [-0.05, 0) is 50.8 Å². The number of nitrogens with zero attached hydrogens (tertiary/aromatic N) is 3. The van der Waals surface area contributed by atoms with Gasteiger partial charge in [0.25, 0.3) is 0 Å². The Balaban J connectivity index is 1.80. The number of nitrogens with one attached hydrogen (secondary N) is 1. The molecular weight excluding hydrogens is 392 g/mol. The highest BCUT2D eigenvalue weighted by Gasteiger charge is 2.22. The molecule has 158 valence electrons. The minimum Gasteiger partial charge on any atom is -0.325 e. The number of para-hydroxylation sites is 1. The van der Waals surface area contributed by atoms with Crippen molar-refractivity contribution in [2.45, 2.75) is 64.4 Å². The minimum atomic E-state index is -0.301. The second-order valence-electron chi connectivity index (χ2n) is 7.86. The van der Waals surface area contributed by atoms with Crippen molar-refractivity contribution in [1.82, 2.24) is 14.8 Å². The van der Waals surface area contributed by atoms with E-state index in [9.17, 15) is 4.79 Å². The van der Waals surface area contributed by atoms with Gasteiger partial charge < -0.3 is 9.88 Å². The fraction of sp³-hybridized carbons (Fsp3) is 0.375. The number of anilines is 1. The van der Waals surface area contributed by atoms with E-state index in [2.05, 4.69) is 66.0 Å². The molecular formula is C24H30N4OS. The summed E-state index contributed by atoms with van der Waals surface area (Å²) < 4.78 is 2.07. The Bertz CT molecular complexity index is 1040. The molecule has 1 unspecified atom stereocenters. The Hall–Kier alpha value is -2.60. The average Bonchev–Trinajstić information content (AvgIpc) is 3.11. The molecule has 1 atom stereocenters. The van der Waals surface area contributed by atoms with Crippen LogP contribution in [0.25, 0.3) is 11.4 Å². The molecule has 0 saturated carbocycles. The highest BCUT2D eigenvalue weighted by Crippen LogP contribution is 2.30. The number of aromatic nitrogens is 3. The van der Waals surface area contributed by atoms with Crippen LogP contribution < -0.4 is 5.32 Å². The lowest BCUT2D eigenvalue weighted by Crippen LogP contribution is -2.24. The van der Waals surface area contributed by atoms with Gasteiger partial charge in [-0.3, -0.25) is 4.79 Å². The Morgan fingerprint density at radius 2 is 1.83 bits per heavy atom. The van der Waals surface area contributed by atoms with Gasteiger partial charge in [0.1, 0.15) is 0 Å². The molecule has 3 rings (SSSR count). The van der Waals surface area contributed by atoms with Crippen LogP contribution in [0.1, 0.15) is 50.3 Å². The summed E-state index contributed by atoms with van der Waals surface area (Å²) in [6.07, 6.45) is 0. The maximum Gasteiger partial charge on any atom is 0.237 e. The summed E-state index contributed by atoms with van der Waals surface area (Å²) in [4.78, 5) is 13.0. The van der Waals surface area contributed by atoms with Gasteiger partial charge in [0, 0.05) is 17.8 Å². The van der Waals surface area contributed by atoms with Crippen LogP contribution in [-0.4, -0.2) is 25.9 Å². The van der Waals surface area contributed by atoms with E-state index < -0.39 is 0 Å². The van der Waals surface area contributed by atoms with Crippen LogP contribution in [0.3, 0.4) is 0 Å². The van der Waals surface area contributed by atoms with Crippen molar-refractivity contribution in [2.75, 3.05) is 5.32 Å². The lowest BCUT2D eigenvalue weighted by molar-refractivity contribution is -0.115. The third-order valence-electron chi connectivity index (χ3n) is 5.14. The van der Waals surface area contributed by atoms with Crippen molar-refractivity contribution in [3.05, 3.63) is 59.2 Å². The molecule has 1 N–H and O–H groups in total. The number of aryl methyl sites for hydroxylation is 2. The SMILES string of the molecule is CCn1c(SC(C)C(=O)Nc2c(C)cccc2C(C)C)nnc1-c1cccc(C)c1. The molecule has 1 heterocycles. The number of benzene rings is 2. The van der Waals surface area contributed by atoms with Crippen LogP contribution in [0.4, 0.5) is 5.69 Å². The first-order valence-electron chi connectivity index (χ1n) is 10.4. The molecule has 6 heteroatoms. The third kappa shape index (κ3) is 4.75. The Kier molecular flexibility index (Phi) is 6.98. The topological polar surface area (TPSA) is 59.8 Å². The van der Waals surface area contributed by atoms with E-state index in [1.54, 1.807) is 0 Å². The zero-order chi connectivity index (χ0) is 21.8. The Labute approximate surface area is 183 Å². The molecule has 0 aliphatic heterocycles. The van der Waals surface area contributed by atoms with Gasteiger partial charge in [0.2, 0.25) is 5.91 Å². The molecule has 3 aromatic rings. The van der Waals surface area contributed by atoms with Gasteiger partial charge in [0.15, 0.2) is 11.0 Å². The predicted octanol–water partition coefficient (Wildman–Crippen LogP) is 5.82. The van der Waals surface area contributed by atoms with Gasteiger partial charge in [-0.2, -0.15) is 0 Å². The fourth-order valence-corrected chi connectivity index (χ4v) is 4.35. The number of amides is 1. The number of hydrogen-bond donors (Lipinski definition) is 1. The summed E-state index contributed by atoms with van der Waals surface area (Å²) >= 11 is 1.44. The van der Waals surface area contributed by atoms with Crippen molar-refractivity contribution in [2.24, 2.45) is 0 Å². The smallest absolute Gasteiger partial charge is 0.237 e. The normalized spacial score (nSPS) is 12.2. The molecule has 30 heavy (non-hydrogen) atoms. The first-order chi connectivity index (χ1) is 14.3. The summed E-state index contributed by atoms with van der Waals surface area (Å²) in [6, 6.07) is 14.4. The summed E-state index contributed by atoms with van der Waals surface area (Å²) in [5, 5.41) is 12.4. The molecule has 0 bridgehead atoms. The average molecular weight is 423 g/mol. The molecule has 0 radical (unpaired) electrons. The molecule has 0 fully saturated rings. The maximum absolute atomic E-state index is 13.0. The van der Waals surface area contributed by atoms with Gasteiger partial charge in [0.05, 0.1) is 5.25 Å². The summed E-state index contributed by atoms with van der Waals surface area (Å²) in [7, 11) is 0. The van der Waals surface area contributed by atoms with Crippen LogP contribution in [0.5, 0.6) is 0 Å². The number of rotatable bonds is 7. The van der Waals surface area contributed by atoms with Crippen molar-refractivity contribution in [1.29, 1.82) is 0 Å². The van der Waals surface area contributed by atoms with E-state index in [1.807, 2.05) is 38.1 Å².